The molecule has 5 rings (SSSR count). The van der Waals surface area contributed by atoms with E-state index in [4.69, 9.17) is 0 Å². The third-order valence-electron chi connectivity index (χ3n) is 6.21. The highest BCUT2D eigenvalue weighted by atomic mass is 19.1. The Balaban J connectivity index is 1.56. The van der Waals surface area contributed by atoms with Crippen LogP contribution in [0.25, 0.3) is 5.69 Å². The van der Waals surface area contributed by atoms with Crippen LogP contribution in [0.1, 0.15) is 54.8 Å². The summed E-state index contributed by atoms with van der Waals surface area (Å²) in [7, 11) is 0. The van der Waals surface area contributed by atoms with Crippen molar-refractivity contribution in [2.24, 2.45) is 0 Å². The summed E-state index contributed by atoms with van der Waals surface area (Å²) in [4.78, 5) is 34.1. The summed E-state index contributed by atoms with van der Waals surface area (Å²) in [5, 5.41) is 1.90. The van der Waals surface area contributed by atoms with Crippen molar-refractivity contribution in [1.82, 2.24) is 24.9 Å². The minimum atomic E-state index is -0.464. The summed E-state index contributed by atoms with van der Waals surface area (Å²) in [5.74, 6) is -0.688. The zero-order chi connectivity index (χ0) is 20.8. The van der Waals surface area contributed by atoms with Gasteiger partial charge in [-0.1, -0.05) is 0 Å². The van der Waals surface area contributed by atoms with Crippen LogP contribution < -0.4 is 10.3 Å². The molecule has 1 unspecified atom stereocenters. The Morgan fingerprint density at radius 3 is 2.50 bits per heavy atom. The second-order valence-electron chi connectivity index (χ2n) is 8.14. The zero-order valence-corrected chi connectivity index (χ0v) is 17.0. The van der Waals surface area contributed by atoms with Crippen LogP contribution in [0, 0.1) is 5.82 Å². The van der Waals surface area contributed by atoms with Crippen molar-refractivity contribution >= 4 is 17.6 Å². The minimum Gasteiger partial charge on any atom is -0.324 e. The number of carbonyl (C=O) groups excluding carboxylic acids is 2. The number of hydrogen-bond donors (Lipinski definition) is 1. The van der Waals surface area contributed by atoms with Gasteiger partial charge in [-0.3, -0.25) is 19.7 Å². The molecule has 1 N–H and O–H groups in total. The number of amides is 3. The Morgan fingerprint density at radius 1 is 1.07 bits per heavy atom. The largest absolute Gasteiger partial charge is 0.325 e. The van der Waals surface area contributed by atoms with Gasteiger partial charge in [0.25, 0.3) is 5.91 Å². The maximum absolute atomic E-state index is 14.1. The number of aromatic nitrogens is 2. The zero-order valence-electron chi connectivity index (χ0n) is 17.0. The third-order valence-corrected chi connectivity index (χ3v) is 6.21. The van der Waals surface area contributed by atoms with E-state index in [0.717, 1.165) is 38.8 Å². The first-order valence-electron chi connectivity index (χ1n) is 10.6. The van der Waals surface area contributed by atoms with Gasteiger partial charge in [-0.2, -0.15) is 0 Å². The van der Waals surface area contributed by atoms with E-state index in [-0.39, 0.29) is 11.9 Å². The van der Waals surface area contributed by atoms with Crippen molar-refractivity contribution in [3.05, 3.63) is 41.7 Å². The number of urea groups is 1. The monoisotopic (exact) mass is 412 g/mol. The molecule has 2 aromatic rings. The van der Waals surface area contributed by atoms with Crippen LogP contribution in [0.3, 0.4) is 0 Å². The normalized spacial score (nSPS) is 20.9. The number of hydrogen-bond acceptors (Lipinski definition) is 4. The maximum Gasteiger partial charge on any atom is 0.325 e. The Labute approximate surface area is 174 Å². The van der Waals surface area contributed by atoms with E-state index in [1.807, 2.05) is 11.9 Å². The second-order valence-corrected chi connectivity index (χ2v) is 8.14. The fourth-order valence-electron chi connectivity index (χ4n) is 4.70. The molecule has 1 aromatic carbocycles. The molecule has 8 nitrogen and oxygen atoms in total. The van der Waals surface area contributed by atoms with Crippen LogP contribution >= 0.6 is 0 Å². The molecule has 158 valence electrons. The molecule has 3 aliphatic heterocycles. The highest BCUT2D eigenvalue weighted by Crippen LogP contribution is 2.41. The quantitative estimate of drug-likeness (QED) is 0.823. The summed E-state index contributed by atoms with van der Waals surface area (Å²) in [6.07, 6.45) is 5.61. The number of imidazole rings is 1. The van der Waals surface area contributed by atoms with Gasteiger partial charge in [0.1, 0.15) is 12.1 Å². The molecule has 3 aliphatic rings. The predicted octanol–water partition coefficient (Wildman–Crippen LogP) is 2.85. The van der Waals surface area contributed by atoms with Crippen molar-refractivity contribution in [2.75, 3.05) is 31.1 Å². The number of fused-ring (bicyclic) bond motifs is 3. The van der Waals surface area contributed by atoms with Crippen molar-refractivity contribution in [3.8, 4) is 5.69 Å². The van der Waals surface area contributed by atoms with Gasteiger partial charge in [0.05, 0.1) is 23.1 Å². The molecule has 3 amide bonds. The van der Waals surface area contributed by atoms with E-state index in [9.17, 15) is 14.0 Å². The second kappa shape index (κ2) is 7.39. The minimum absolute atomic E-state index is 0.162. The van der Waals surface area contributed by atoms with E-state index in [2.05, 4.69) is 10.4 Å². The van der Waals surface area contributed by atoms with Crippen LogP contribution in [0.5, 0.6) is 0 Å². The van der Waals surface area contributed by atoms with Gasteiger partial charge in [0, 0.05) is 26.2 Å². The average Bonchev–Trinajstić information content (AvgIpc) is 3.49. The number of nitrogens with one attached hydrogen (secondary N) is 1. The molecule has 4 heterocycles. The van der Waals surface area contributed by atoms with Crippen LogP contribution in [0.15, 0.2) is 24.5 Å². The highest BCUT2D eigenvalue weighted by molar-refractivity contribution is 5.99. The summed E-state index contributed by atoms with van der Waals surface area (Å²) in [6, 6.07) is 3.75. The first-order valence-corrected chi connectivity index (χ1v) is 10.6. The first-order chi connectivity index (χ1) is 14.5. The molecule has 9 heteroatoms. The third kappa shape index (κ3) is 3.04. The SMILES string of the molecule is CC1c2c(C(=O)NN3CCCC3)ncn2-c2ccc(F)cc2N1C(=O)N1CCCC1. The van der Waals surface area contributed by atoms with E-state index in [1.54, 1.807) is 26.8 Å². The molecule has 2 fully saturated rings. The number of hydrazine groups is 1. The fraction of sp³-hybridized carbons (Fsp3) is 0.476. The van der Waals surface area contributed by atoms with Gasteiger partial charge in [-0.15, -0.1) is 0 Å². The Kier molecular flexibility index (Phi) is 4.69. The molecule has 2 saturated heterocycles. The van der Waals surface area contributed by atoms with Gasteiger partial charge < -0.3 is 4.90 Å². The Bertz CT molecular complexity index is 993. The van der Waals surface area contributed by atoms with Gasteiger partial charge in [0.15, 0.2) is 5.69 Å². The molecule has 1 atom stereocenters. The number of halogens is 1. The Morgan fingerprint density at radius 2 is 1.77 bits per heavy atom. The molecule has 0 bridgehead atoms. The summed E-state index contributed by atoms with van der Waals surface area (Å²) < 4.78 is 15.9. The van der Waals surface area contributed by atoms with Gasteiger partial charge in [-0.05, 0) is 50.8 Å². The topological polar surface area (TPSA) is 73.7 Å². The van der Waals surface area contributed by atoms with Gasteiger partial charge in [-0.25, -0.2) is 19.2 Å². The molecule has 30 heavy (non-hydrogen) atoms. The van der Waals surface area contributed by atoms with Gasteiger partial charge >= 0.3 is 6.03 Å². The first kappa shape index (κ1) is 19.0. The molecule has 0 saturated carbocycles. The lowest BCUT2D eigenvalue weighted by Crippen LogP contribution is -2.46. The molecular formula is C21H25FN6O2. The number of rotatable bonds is 2. The summed E-state index contributed by atoms with van der Waals surface area (Å²) in [5.41, 5.74) is 5.00. The van der Waals surface area contributed by atoms with Crippen molar-refractivity contribution in [3.63, 3.8) is 0 Å². The number of anilines is 1. The molecular weight excluding hydrogens is 387 g/mol. The number of benzene rings is 1. The number of likely N-dealkylation sites (tertiary alicyclic amines) is 1. The molecule has 0 spiro atoms. The van der Waals surface area contributed by atoms with Crippen LogP contribution in [0.4, 0.5) is 14.9 Å². The number of nitrogens with zero attached hydrogens (tertiary/aromatic N) is 5. The van der Waals surface area contributed by atoms with E-state index in [1.165, 1.54) is 12.1 Å². The molecule has 0 aliphatic carbocycles. The summed E-state index contributed by atoms with van der Waals surface area (Å²) in [6.45, 7) is 4.88. The smallest absolute Gasteiger partial charge is 0.324 e. The highest BCUT2D eigenvalue weighted by Gasteiger charge is 2.39. The lowest BCUT2D eigenvalue weighted by Gasteiger charge is -2.38. The lowest BCUT2D eigenvalue weighted by atomic mass is 10.0. The van der Waals surface area contributed by atoms with E-state index < -0.39 is 11.9 Å². The van der Waals surface area contributed by atoms with Crippen molar-refractivity contribution in [1.29, 1.82) is 0 Å². The fourth-order valence-corrected chi connectivity index (χ4v) is 4.70. The van der Waals surface area contributed by atoms with Gasteiger partial charge in [0.2, 0.25) is 0 Å². The van der Waals surface area contributed by atoms with Crippen molar-refractivity contribution < 1.29 is 14.0 Å². The maximum atomic E-state index is 14.1. The Hall–Kier alpha value is -2.94. The molecule has 1 aromatic heterocycles. The van der Waals surface area contributed by atoms with Crippen molar-refractivity contribution in [2.45, 2.75) is 38.6 Å². The van der Waals surface area contributed by atoms with Crippen LogP contribution in [0.2, 0.25) is 0 Å². The summed E-state index contributed by atoms with van der Waals surface area (Å²) >= 11 is 0. The average molecular weight is 412 g/mol. The lowest BCUT2D eigenvalue weighted by molar-refractivity contribution is 0.0819. The van der Waals surface area contributed by atoms with E-state index >= 15 is 0 Å². The van der Waals surface area contributed by atoms with Crippen LogP contribution in [-0.4, -0.2) is 57.6 Å². The number of carbonyl (C=O) groups is 2. The van der Waals surface area contributed by atoms with Crippen LogP contribution in [-0.2, 0) is 0 Å². The standard InChI is InChI=1S/C21H25FN6O2/c1-14-19-18(20(29)24-26-10-4-5-11-26)23-13-27(19)16-7-6-15(22)12-17(16)28(14)21(30)25-8-2-3-9-25/h6-7,12-14H,2-5,8-11H2,1H3,(H,24,29). The van der Waals surface area contributed by atoms with E-state index in [0.29, 0.717) is 35.9 Å². The predicted molar refractivity (Wildman–Crippen MR) is 109 cm³/mol. The molecule has 0 radical (unpaired) electrons.